The summed E-state index contributed by atoms with van der Waals surface area (Å²) in [6.45, 7) is 3.32. The van der Waals surface area contributed by atoms with Crippen molar-refractivity contribution in [3.63, 3.8) is 0 Å². The van der Waals surface area contributed by atoms with E-state index in [1.54, 1.807) is 0 Å². The molecule has 0 atom stereocenters. The Morgan fingerprint density at radius 2 is 1.94 bits per heavy atom. The van der Waals surface area contributed by atoms with Crippen LogP contribution >= 0.6 is 0 Å². The van der Waals surface area contributed by atoms with E-state index in [4.69, 9.17) is 14.6 Å². The van der Waals surface area contributed by atoms with Gasteiger partial charge in [-0.05, 0) is 79.5 Å². The lowest BCUT2D eigenvalue weighted by Crippen LogP contribution is -2.35. The number of piperidine rings is 1. The second-order valence-electron chi connectivity index (χ2n) is 8.87. The van der Waals surface area contributed by atoms with E-state index in [-0.39, 0.29) is 12.4 Å². The number of likely N-dealkylation sites (tertiary alicyclic amines) is 1. The zero-order valence-corrected chi connectivity index (χ0v) is 18.6. The average Bonchev–Trinajstić information content (AvgIpc) is 2.79. The molecule has 168 valence electrons. The van der Waals surface area contributed by atoms with Crippen LogP contribution in [0.3, 0.4) is 0 Å². The highest BCUT2D eigenvalue weighted by Gasteiger charge is 2.21. The van der Waals surface area contributed by atoms with Crippen LogP contribution in [0.4, 0.5) is 0 Å². The third-order valence-electron chi connectivity index (χ3n) is 6.48. The Bertz CT molecular complexity index is 984. The maximum atomic E-state index is 12.1. The largest absolute Gasteiger partial charge is 0.492 e. The Hall–Kier alpha value is -2.80. The monoisotopic (exact) mass is 435 g/mol. The molecule has 2 aromatic carbocycles. The molecule has 0 saturated carbocycles. The molecule has 0 radical (unpaired) electrons. The van der Waals surface area contributed by atoms with Gasteiger partial charge >= 0.3 is 5.97 Å². The molecule has 0 aromatic heterocycles. The maximum Gasteiger partial charge on any atom is 0.341 e. The van der Waals surface area contributed by atoms with Crippen LogP contribution in [0.15, 0.2) is 36.4 Å². The molecule has 0 bridgehead atoms. The van der Waals surface area contributed by atoms with Crippen LogP contribution in [0.1, 0.15) is 40.7 Å². The molecule has 2 aromatic rings. The number of Topliss-reactive ketones (excluding diaryl/α,β-unsaturated/α-hetero) is 1. The summed E-state index contributed by atoms with van der Waals surface area (Å²) in [7, 11) is 1.94. The number of carboxylic acids is 1. The number of fused-ring (bicyclic) bond motifs is 1. The van der Waals surface area contributed by atoms with Crippen LogP contribution in [-0.2, 0) is 17.6 Å². The molecule has 32 heavy (non-hydrogen) atoms. The Labute approximate surface area is 189 Å². The lowest BCUT2D eigenvalue weighted by Gasteiger charge is -2.32. The van der Waals surface area contributed by atoms with Gasteiger partial charge in [0.15, 0.2) is 12.4 Å². The van der Waals surface area contributed by atoms with E-state index in [2.05, 4.69) is 17.0 Å². The topological polar surface area (TPSA) is 76.1 Å². The van der Waals surface area contributed by atoms with Gasteiger partial charge in [-0.1, -0.05) is 18.2 Å². The van der Waals surface area contributed by atoms with E-state index in [1.807, 2.05) is 32.1 Å². The van der Waals surface area contributed by atoms with Gasteiger partial charge in [0, 0.05) is 13.0 Å². The molecule has 6 nitrogen and oxygen atoms in total. The zero-order valence-electron chi connectivity index (χ0n) is 18.6. The van der Waals surface area contributed by atoms with Gasteiger partial charge < -0.3 is 19.5 Å². The number of ketones is 1. The van der Waals surface area contributed by atoms with Gasteiger partial charge in [0.2, 0.25) is 0 Å². The van der Waals surface area contributed by atoms with Gasteiger partial charge in [0.1, 0.15) is 19.3 Å². The summed E-state index contributed by atoms with van der Waals surface area (Å²) in [5.74, 6) is 1.23. The first kappa shape index (κ1) is 22.4. The average molecular weight is 435 g/mol. The fourth-order valence-electron chi connectivity index (χ4n) is 4.57. The van der Waals surface area contributed by atoms with Crippen molar-refractivity contribution < 1.29 is 24.2 Å². The van der Waals surface area contributed by atoms with Crippen LogP contribution in [0.25, 0.3) is 0 Å². The van der Waals surface area contributed by atoms with Gasteiger partial charge in [-0.2, -0.15) is 0 Å². The number of carboxylic acid groups (broad SMARTS) is 1. The summed E-state index contributed by atoms with van der Waals surface area (Å²) in [5.41, 5.74) is 4.09. The first-order valence-corrected chi connectivity index (χ1v) is 11.4. The van der Waals surface area contributed by atoms with Crippen molar-refractivity contribution in [1.82, 2.24) is 4.90 Å². The van der Waals surface area contributed by atoms with Crippen molar-refractivity contribution in [2.75, 3.05) is 32.8 Å². The van der Waals surface area contributed by atoms with Gasteiger partial charge in [-0.3, -0.25) is 4.79 Å². The van der Waals surface area contributed by atoms with Crippen molar-refractivity contribution in [2.24, 2.45) is 5.92 Å². The molecule has 4 rings (SSSR count). The molecule has 2 aliphatic heterocycles. The van der Waals surface area contributed by atoms with E-state index in [0.717, 1.165) is 62.1 Å². The number of nitrogens with zero attached hydrogens (tertiary/aromatic N) is 1. The molecule has 1 fully saturated rings. The second kappa shape index (κ2) is 10.2. The summed E-state index contributed by atoms with van der Waals surface area (Å²) >= 11 is 0. The van der Waals surface area contributed by atoms with Crippen LogP contribution in [-0.4, -0.2) is 62.5 Å². The first-order valence-electron chi connectivity index (χ1n) is 11.4. The molecular formula is C25H30BNO5. The van der Waals surface area contributed by atoms with E-state index in [1.165, 1.54) is 11.1 Å². The number of hydrogen-bond donors (Lipinski definition) is 1. The Balaban J connectivity index is 1.25. The van der Waals surface area contributed by atoms with Crippen LogP contribution in [0.2, 0.25) is 0 Å². The van der Waals surface area contributed by atoms with E-state index < -0.39 is 5.97 Å². The summed E-state index contributed by atoms with van der Waals surface area (Å²) in [6, 6.07) is 12.1. The third kappa shape index (κ3) is 5.71. The summed E-state index contributed by atoms with van der Waals surface area (Å²) in [5, 5.41) is 8.85. The highest BCUT2D eigenvalue weighted by Crippen LogP contribution is 2.27. The lowest BCUT2D eigenvalue weighted by atomic mass is 9.87. The molecular weight excluding hydrogens is 405 g/mol. The molecule has 2 heterocycles. The Morgan fingerprint density at radius 3 is 2.72 bits per heavy atom. The minimum atomic E-state index is -0.961. The van der Waals surface area contributed by atoms with Gasteiger partial charge in [0.05, 0.1) is 12.2 Å². The lowest BCUT2D eigenvalue weighted by molar-refractivity contribution is -0.139. The van der Waals surface area contributed by atoms with Crippen molar-refractivity contribution in [3.05, 3.63) is 53.1 Å². The van der Waals surface area contributed by atoms with Crippen LogP contribution in [0.5, 0.6) is 11.5 Å². The molecule has 1 saturated heterocycles. The van der Waals surface area contributed by atoms with Crippen molar-refractivity contribution >= 4 is 25.1 Å². The van der Waals surface area contributed by atoms with Gasteiger partial charge in [-0.15, -0.1) is 0 Å². The molecule has 2 aliphatic rings. The number of carbonyl (C=O) groups excluding carboxylic acids is 1. The number of carbonyl (C=O) groups is 2. The number of benzene rings is 2. The van der Waals surface area contributed by atoms with E-state index in [9.17, 15) is 9.59 Å². The molecule has 0 spiro atoms. The van der Waals surface area contributed by atoms with E-state index in [0.29, 0.717) is 24.7 Å². The molecule has 0 amide bonds. The fourth-order valence-corrected chi connectivity index (χ4v) is 4.57. The maximum absolute atomic E-state index is 12.1. The Kier molecular flexibility index (Phi) is 7.15. The minimum absolute atomic E-state index is 0.182. The van der Waals surface area contributed by atoms with Crippen molar-refractivity contribution in [1.29, 1.82) is 0 Å². The standard InChI is InChI=1S/C25H30BNO5/c26-21-3-1-19(15-24(21)32-16-25(29)30)13-18-6-10-27(11-7-18)9-5-17-2-4-23-20(14-17)22(28)8-12-31-23/h1-4,14-15,18H,5-13,16,26H2,(H,29,30). The minimum Gasteiger partial charge on any atom is -0.492 e. The van der Waals surface area contributed by atoms with Gasteiger partial charge in [0.25, 0.3) is 0 Å². The quantitative estimate of drug-likeness (QED) is 0.639. The normalized spacial score (nSPS) is 16.9. The van der Waals surface area contributed by atoms with Gasteiger partial charge in [-0.25, -0.2) is 4.79 Å². The number of aliphatic carboxylic acids is 1. The molecule has 1 N–H and O–H groups in total. The van der Waals surface area contributed by atoms with Crippen LogP contribution in [0, 0.1) is 5.92 Å². The van der Waals surface area contributed by atoms with Crippen molar-refractivity contribution in [3.8, 4) is 11.5 Å². The highest BCUT2D eigenvalue weighted by molar-refractivity contribution is 6.34. The number of hydrogen-bond acceptors (Lipinski definition) is 5. The summed E-state index contributed by atoms with van der Waals surface area (Å²) < 4.78 is 11.0. The fraction of sp³-hybridized carbons (Fsp3) is 0.440. The molecule has 0 unspecified atom stereocenters. The Morgan fingerprint density at radius 1 is 1.16 bits per heavy atom. The van der Waals surface area contributed by atoms with Crippen LogP contribution < -0.4 is 14.9 Å². The number of ether oxygens (including phenoxy) is 2. The number of rotatable bonds is 8. The second-order valence-corrected chi connectivity index (χ2v) is 8.87. The first-order chi connectivity index (χ1) is 15.5. The summed E-state index contributed by atoms with van der Waals surface area (Å²) in [4.78, 5) is 25.4. The molecule has 7 heteroatoms. The molecule has 0 aliphatic carbocycles. The SMILES string of the molecule is Bc1ccc(CC2CCN(CCc3ccc4c(c3)C(=O)CCO4)CC2)cc1OCC(=O)O. The highest BCUT2D eigenvalue weighted by atomic mass is 16.5. The van der Waals surface area contributed by atoms with E-state index >= 15 is 0 Å². The third-order valence-corrected chi connectivity index (χ3v) is 6.48. The predicted molar refractivity (Wildman–Crippen MR) is 125 cm³/mol. The van der Waals surface area contributed by atoms with Crippen molar-refractivity contribution in [2.45, 2.75) is 32.1 Å². The zero-order chi connectivity index (χ0) is 22.5. The smallest absolute Gasteiger partial charge is 0.341 e. The predicted octanol–water partition coefficient (Wildman–Crippen LogP) is 1.87. The summed E-state index contributed by atoms with van der Waals surface area (Å²) in [6.07, 6.45) is 4.70.